The quantitative estimate of drug-likeness (QED) is 0.611. The standard InChI is InChI=1S/C22H25NO4/c1-5-15-6-8-17(9-7-15)20(25)27-14-19(24)16-10-12-18(13-11-16)23-21(26)22(2,3)4/h6-13H,5,14H2,1-4H3,(H,23,26). The van der Waals surface area contributed by atoms with Crippen LogP contribution in [0, 0.1) is 5.41 Å². The first-order valence-electron chi connectivity index (χ1n) is 8.91. The molecule has 0 heterocycles. The first-order chi connectivity index (χ1) is 12.7. The van der Waals surface area contributed by atoms with Crippen LogP contribution in [0.3, 0.4) is 0 Å². The highest BCUT2D eigenvalue weighted by atomic mass is 16.5. The Morgan fingerprint density at radius 2 is 1.44 bits per heavy atom. The van der Waals surface area contributed by atoms with Gasteiger partial charge in [0.15, 0.2) is 12.4 Å². The summed E-state index contributed by atoms with van der Waals surface area (Å²) < 4.78 is 5.10. The SMILES string of the molecule is CCc1ccc(C(=O)OCC(=O)c2ccc(NC(=O)C(C)(C)C)cc2)cc1. The molecule has 5 nitrogen and oxygen atoms in total. The number of rotatable bonds is 6. The molecule has 1 amide bonds. The summed E-state index contributed by atoms with van der Waals surface area (Å²) >= 11 is 0. The van der Waals surface area contributed by atoms with Crippen LogP contribution in [0.15, 0.2) is 48.5 Å². The maximum Gasteiger partial charge on any atom is 0.338 e. The molecule has 0 aromatic heterocycles. The molecule has 0 aliphatic rings. The third-order valence-electron chi connectivity index (χ3n) is 4.08. The van der Waals surface area contributed by atoms with Crippen LogP contribution in [0.5, 0.6) is 0 Å². The summed E-state index contributed by atoms with van der Waals surface area (Å²) in [5, 5.41) is 2.79. The van der Waals surface area contributed by atoms with Crippen molar-refractivity contribution in [2.75, 3.05) is 11.9 Å². The number of aryl methyl sites for hydroxylation is 1. The van der Waals surface area contributed by atoms with Crippen molar-refractivity contribution in [1.82, 2.24) is 0 Å². The molecule has 5 heteroatoms. The van der Waals surface area contributed by atoms with Crippen LogP contribution in [-0.4, -0.2) is 24.3 Å². The molecule has 0 fully saturated rings. The average Bonchev–Trinajstić information content (AvgIpc) is 2.65. The van der Waals surface area contributed by atoms with Gasteiger partial charge in [-0.15, -0.1) is 0 Å². The molecular formula is C22H25NO4. The van der Waals surface area contributed by atoms with Gasteiger partial charge in [-0.05, 0) is 48.4 Å². The number of Topliss-reactive ketones (excluding diaryl/α,β-unsaturated/α-hetero) is 1. The summed E-state index contributed by atoms with van der Waals surface area (Å²) in [6.07, 6.45) is 0.889. The van der Waals surface area contributed by atoms with E-state index in [1.54, 1.807) is 36.4 Å². The monoisotopic (exact) mass is 367 g/mol. The normalized spacial score (nSPS) is 11.0. The van der Waals surface area contributed by atoms with Crippen molar-refractivity contribution < 1.29 is 19.1 Å². The Morgan fingerprint density at radius 3 is 1.96 bits per heavy atom. The molecule has 27 heavy (non-hydrogen) atoms. The van der Waals surface area contributed by atoms with E-state index in [9.17, 15) is 14.4 Å². The summed E-state index contributed by atoms with van der Waals surface area (Å²) in [6.45, 7) is 7.17. The Kier molecular flexibility index (Phi) is 6.50. The van der Waals surface area contributed by atoms with Gasteiger partial charge in [-0.2, -0.15) is 0 Å². The third-order valence-corrected chi connectivity index (χ3v) is 4.08. The minimum Gasteiger partial charge on any atom is -0.454 e. The van der Waals surface area contributed by atoms with Crippen LogP contribution in [0.4, 0.5) is 5.69 Å². The van der Waals surface area contributed by atoms with Crippen molar-refractivity contribution in [3.05, 3.63) is 65.2 Å². The molecule has 1 N–H and O–H groups in total. The molecule has 0 radical (unpaired) electrons. The molecule has 0 unspecified atom stereocenters. The molecule has 0 saturated carbocycles. The predicted molar refractivity (Wildman–Crippen MR) is 105 cm³/mol. The number of hydrogen-bond donors (Lipinski definition) is 1. The van der Waals surface area contributed by atoms with E-state index < -0.39 is 11.4 Å². The lowest BCUT2D eigenvalue weighted by Gasteiger charge is -2.17. The second-order valence-electron chi connectivity index (χ2n) is 7.33. The van der Waals surface area contributed by atoms with Crippen LogP contribution >= 0.6 is 0 Å². The van der Waals surface area contributed by atoms with Crippen molar-refractivity contribution in [1.29, 1.82) is 0 Å². The number of anilines is 1. The fourth-order valence-electron chi connectivity index (χ4n) is 2.23. The fourth-order valence-corrected chi connectivity index (χ4v) is 2.23. The Labute approximate surface area is 159 Å². The maximum atomic E-state index is 12.2. The van der Waals surface area contributed by atoms with Gasteiger partial charge in [-0.1, -0.05) is 39.8 Å². The summed E-state index contributed by atoms with van der Waals surface area (Å²) in [6, 6.07) is 13.6. The number of carbonyl (C=O) groups is 3. The minimum atomic E-state index is -0.528. The Balaban J connectivity index is 1.91. The zero-order valence-electron chi connectivity index (χ0n) is 16.2. The molecular weight excluding hydrogens is 342 g/mol. The fraction of sp³-hybridized carbons (Fsp3) is 0.318. The molecule has 0 aliphatic heterocycles. The van der Waals surface area contributed by atoms with Gasteiger partial charge in [-0.25, -0.2) is 4.79 Å². The zero-order valence-corrected chi connectivity index (χ0v) is 16.2. The zero-order chi connectivity index (χ0) is 20.0. The lowest BCUT2D eigenvalue weighted by atomic mass is 9.95. The topological polar surface area (TPSA) is 72.5 Å². The minimum absolute atomic E-state index is 0.107. The number of hydrogen-bond acceptors (Lipinski definition) is 4. The molecule has 2 aromatic carbocycles. The van der Waals surface area contributed by atoms with Crippen LogP contribution in [0.25, 0.3) is 0 Å². The molecule has 0 bridgehead atoms. The van der Waals surface area contributed by atoms with Crippen LogP contribution in [0.1, 0.15) is 54.0 Å². The molecule has 0 aliphatic carbocycles. The van der Waals surface area contributed by atoms with E-state index in [1.807, 2.05) is 39.8 Å². The van der Waals surface area contributed by atoms with Crippen molar-refractivity contribution in [2.45, 2.75) is 34.1 Å². The summed E-state index contributed by atoms with van der Waals surface area (Å²) in [5.41, 5.74) is 2.07. The van der Waals surface area contributed by atoms with Gasteiger partial charge in [0.05, 0.1) is 5.56 Å². The van der Waals surface area contributed by atoms with Crippen LogP contribution in [0.2, 0.25) is 0 Å². The van der Waals surface area contributed by atoms with E-state index >= 15 is 0 Å². The molecule has 2 aromatic rings. The van der Waals surface area contributed by atoms with E-state index in [0.29, 0.717) is 16.8 Å². The molecule has 0 atom stereocenters. The van der Waals surface area contributed by atoms with Gasteiger partial charge in [-0.3, -0.25) is 9.59 Å². The van der Waals surface area contributed by atoms with Gasteiger partial charge in [0.2, 0.25) is 5.91 Å². The number of carbonyl (C=O) groups excluding carboxylic acids is 3. The number of ketones is 1. The highest BCUT2D eigenvalue weighted by Crippen LogP contribution is 2.18. The van der Waals surface area contributed by atoms with E-state index in [0.717, 1.165) is 12.0 Å². The van der Waals surface area contributed by atoms with E-state index in [-0.39, 0.29) is 18.3 Å². The van der Waals surface area contributed by atoms with Gasteiger partial charge < -0.3 is 10.1 Å². The van der Waals surface area contributed by atoms with Crippen molar-refractivity contribution in [3.63, 3.8) is 0 Å². The first-order valence-corrected chi connectivity index (χ1v) is 8.91. The van der Waals surface area contributed by atoms with Gasteiger partial charge in [0.1, 0.15) is 0 Å². The lowest BCUT2D eigenvalue weighted by molar-refractivity contribution is -0.123. The van der Waals surface area contributed by atoms with Crippen molar-refractivity contribution in [3.8, 4) is 0 Å². The number of ether oxygens (including phenoxy) is 1. The Hall–Kier alpha value is -2.95. The van der Waals surface area contributed by atoms with Crippen LogP contribution < -0.4 is 5.32 Å². The Bertz CT molecular complexity index is 815. The summed E-state index contributed by atoms with van der Waals surface area (Å²) in [7, 11) is 0. The lowest BCUT2D eigenvalue weighted by Crippen LogP contribution is -2.27. The number of amides is 1. The van der Waals surface area contributed by atoms with E-state index in [2.05, 4.69) is 5.32 Å². The van der Waals surface area contributed by atoms with Crippen LogP contribution in [-0.2, 0) is 16.0 Å². The van der Waals surface area contributed by atoms with E-state index in [4.69, 9.17) is 4.74 Å². The molecule has 2 rings (SSSR count). The molecule has 0 saturated heterocycles. The smallest absolute Gasteiger partial charge is 0.338 e. The molecule has 0 spiro atoms. The number of nitrogens with one attached hydrogen (secondary N) is 1. The Morgan fingerprint density at radius 1 is 0.889 bits per heavy atom. The maximum absolute atomic E-state index is 12.2. The van der Waals surface area contributed by atoms with Crippen molar-refractivity contribution >= 4 is 23.3 Å². The predicted octanol–water partition coefficient (Wildman–Crippen LogP) is 4.27. The average molecular weight is 367 g/mol. The third kappa shape index (κ3) is 5.78. The number of esters is 1. The second kappa shape index (κ2) is 8.62. The van der Waals surface area contributed by atoms with E-state index in [1.165, 1.54) is 0 Å². The van der Waals surface area contributed by atoms with Gasteiger partial charge in [0.25, 0.3) is 0 Å². The number of benzene rings is 2. The highest BCUT2D eigenvalue weighted by Gasteiger charge is 2.21. The largest absolute Gasteiger partial charge is 0.454 e. The van der Waals surface area contributed by atoms with Crippen molar-refractivity contribution in [2.24, 2.45) is 5.41 Å². The highest BCUT2D eigenvalue weighted by molar-refractivity contribution is 6.00. The van der Waals surface area contributed by atoms with Gasteiger partial charge >= 0.3 is 5.97 Å². The first kappa shape index (κ1) is 20.4. The summed E-state index contributed by atoms with van der Waals surface area (Å²) in [4.78, 5) is 36.2. The summed E-state index contributed by atoms with van der Waals surface area (Å²) in [5.74, 6) is -0.938. The second-order valence-corrected chi connectivity index (χ2v) is 7.33. The van der Waals surface area contributed by atoms with Gasteiger partial charge in [0, 0.05) is 16.7 Å². The molecule has 142 valence electrons.